The second kappa shape index (κ2) is 6.57. The van der Waals surface area contributed by atoms with Gasteiger partial charge in [0.15, 0.2) is 11.4 Å². The largest absolute Gasteiger partial charge is 0.497 e. The average molecular weight is 306 g/mol. The molecule has 2 rings (SSSR count). The van der Waals surface area contributed by atoms with Crippen molar-refractivity contribution in [1.82, 2.24) is 0 Å². The molecule has 1 fully saturated rings. The van der Waals surface area contributed by atoms with E-state index in [2.05, 4.69) is 11.8 Å². The molecule has 0 radical (unpaired) electrons. The van der Waals surface area contributed by atoms with Gasteiger partial charge < -0.3 is 24.1 Å². The molecule has 1 aliphatic rings. The number of aliphatic hydroxyl groups excluding tert-OH is 1. The number of benzene rings is 1. The zero-order chi connectivity index (χ0) is 16.2. The highest BCUT2D eigenvalue weighted by molar-refractivity contribution is 5.31. The second-order valence-corrected chi connectivity index (χ2v) is 5.66. The van der Waals surface area contributed by atoms with Crippen molar-refractivity contribution in [1.29, 1.82) is 0 Å². The Hall–Kier alpha value is -1.74. The predicted molar refractivity (Wildman–Crippen MR) is 81.8 cm³/mol. The van der Waals surface area contributed by atoms with E-state index in [1.54, 1.807) is 7.11 Å². The predicted octanol–water partition coefficient (Wildman–Crippen LogP) is 1.98. The highest BCUT2D eigenvalue weighted by atomic mass is 16.8. The van der Waals surface area contributed by atoms with Crippen LogP contribution in [0.2, 0.25) is 0 Å². The first-order valence-electron chi connectivity index (χ1n) is 7.14. The molecule has 22 heavy (non-hydrogen) atoms. The molecule has 1 heterocycles. The standard InChI is InChI=1S/C17H22O5/c1-16(2)21-15(17(3,22-16)10-5-11-18)12-20-14-8-6-13(19-4)7-9-14/h6-9,15,18H,11-12H2,1-4H3/t15-,17-/m0/s1. The van der Waals surface area contributed by atoms with Gasteiger partial charge in [-0.1, -0.05) is 11.8 Å². The van der Waals surface area contributed by atoms with Crippen LogP contribution in [0.25, 0.3) is 0 Å². The van der Waals surface area contributed by atoms with Gasteiger partial charge in [-0.3, -0.25) is 0 Å². The maximum atomic E-state index is 8.90. The molecule has 0 aromatic heterocycles. The lowest BCUT2D eigenvalue weighted by atomic mass is 10.0. The molecule has 0 unspecified atom stereocenters. The first-order chi connectivity index (χ1) is 10.4. The van der Waals surface area contributed by atoms with Gasteiger partial charge in [0.05, 0.1) is 7.11 Å². The highest BCUT2D eigenvalue weighted by Gasteiger charge is 2.49. The van der Waals surface area contributed by atoms with Gasteiger partial charge >= 0.3 is 0 Å². The normalized spacial score (nSPS) is 26.1. The molecule has 1 N–H and O–H groups in total. The summed E-state index contributed by atoms with van der Waals surface area (Å²) in [6.07, 6.45) is -0.358. The highest BCUT2D eigenvalue weighted by Crippen LogP contribution is 2.36. The van der Waals surface area contributed by atoms with Crippen LogP contribution in [-0.2, 0) is 9.47 Å². The molecule has 0 amide bonds. The van der Waals surface area contributed by atoms with Crippen LogP contribution in [0.3, 0.4) is 0 Å². The van der Waals surface area contributed by atoms with Gasteiger partial charge in [0.1, 0.15) is 30.8 Å². The Kier molecular flexibility index (Phi) is 4.97. The average Bonchev–Trinajstić information content (AvgIpc) is 2.73. The fourth-order valence-electron chi connectivity index (χ4n) is 2.41. The summed E-state index contributed by atoms with van der Waals surface area (Å²) in [7, 11) is 1.62. The van der Waals surface area contributed by atoms with Gasteiger partial charge in [0, 0.05) is 0 Å². The molecule has 1 aromatic carbocycles. The first kappa shape index (κ1) is 16.6. The minimum absolute atomic E-state index is 0.217. The molecule has 0 aliphatic carbocycles. The van der Waals surface area contributed by atoms with Crippen molar-refractivity contribution < 1.29 is 24.1 Å². The third-order valence-corrected chi connectivity index (χ3v) is 3.37. The Morgan fingerprint density at radius 1 is 1.18 bits per heavy atom. The van der Waals surface area contributed by atoms with E-state index in [4.69, 9.17) is 24.1 Å². The van der Waals surface area contributed by atoms with Crippen molar-refractivity contribution in [3.8, 4) is 23.3 Å². The lowest BCUT2D eigenvalue weighted by Gasteiger charge is -2.23. The van der Waals surface area contributed by atoms with Crippen LogP contribution in [0.4, 0.5) is 0 Å². The van der Waals surface area contributed by atoms with Crippen molar-refractivity contribution in [3.05, 3.63) is 24.3 Å². The minimum atomic E-state index is -0.821. The number of methoxy groups -OCH3 is 1. The molecule has 1 aromatic rings. The summed E-state index contributed by atoms with van der Waals surface area (Å²) in [5.74, 6) is 6.30. The summed E-state index contributed by atoms with van der Waals surface area (Å²) < 4.78 is 22.6. The van der Waals surface area contributed by atoms with E-state index in [0.717, 1.165) is 5.75 Å². The molecular formula is C17H22O5. The third kappa shape index (κ3) is 3.92. The maximum Gasteiger partial charge on any atom is 0.165 e. The van der Waals surface area contributed by atoms with E-state index in [1.165, 1.54) is 0 Å². The van der Waals surface area contributed by atoms with Crippen LogP contribution >= 0.6 is 0 Å². The van der Waals surface area contributed by atoms with Crippen LogP contribution < -0.4 is 9.47 Å². The fraction of sp³-hybridized carbons (Fsp3) is 0.529. The van der Waals surface area contributed by atoms with E-state index in [1.807, 2.05) is 45.0 Å². The molecule has 5 heteroatoms. The van der Waals surface area contributed by atoms with Gasteiger partial charge in [0.25, 0.3) is 0 Å². The van der Waals surface area contributed by atoms with Crippen molar-refractivity contribution in [2.75, 3.05) is 20.3 Å². The van der Waals surface area contributed by atoms with E-state index in [0.29, 0.717) is 12.4 Å². The van der Waals surface area contributed by atoms with E-state index < -0.39 is 11.4 Å². The summed E-state index contributed by atoms with van der Waals surface area (Å²) in [5, 5.41) is 8.90. The Morgan fingerprint density at radius 3 is 2.41 bits per heavy atom. The summed E-state index contributed by atoms with van der Waals surface area (Å²) in [6, 6.07) is 7.32. The Bertz CT molecular complexity index is 555. The molecule has 1 saturated heterocycles. The number of hydrogen-bond donors (Lipinski definition) is 1. The minimum Gasteiger partial charge on any atom is -0.497 e. The van der Waals surface area contributed by atoms with Crippen molar-refractivity contribution in [2.24, 2.45) is 0 Å². The fourth-order valence-corrected chi connectivity index (χ4v) is 2.41. The lowest BCUT2D eigenvalue weighted by Crippen LogP contribution is -2.39. The van der Waals surface area contributed by atoms with Crippen molar-refractivity contribution in [2.45, 2.75) is 38.3 Å². The van der Waals surface area contributed by atoms with Gasteiger partial charge in [-0.2, -0.15) is 0 Å². The van der Waals surface area contributed by atoms with Crippen LogP contribution in [0.15, 0.2) is 24.3 Å². The van der Waals surface area contributed by atoms with Crippen molar-refractivity contribution >= 4 is 0 Å². The first-order valence-corrected chi connectivity index (χ1v) is 7.14. The molecular weight excluding hydrogens is 284 g/mol. The Morgan fingerprint density at radius 2 is 1.82 bits per heavy atom. The quantitative estimate of drug-likeness (QED) is 0.862. The van der Waals surface area contributed by atoms with Gasteiger partial charge in [-0.25, -0.2) is 0 Å². The van der Waals surface area contributed by atoms with Crippen LogP contribution in [0.1, 0.15) is 20.8 Å². The molecule has 0 saturated carbocycles. The SMILES string of the molecule is COc1ccc(OC[C@@H]2OC(C)(C)O[C@@]2(C)C#CCO)cc1. The molecule has 0 bridgehead atoms. The monoisotopic (exact) mass is 306 g/mol. The number of aliphatic hydroxyl groups is 1. The molecule has 1 aliphatic heterocycles. The zero-order valence-corrected chi connectivity index (χ0v) is 13.4. The Balaban J connectivity index is 2.05. The second-order valence-electron chi connectivity index (χ2n) is 5.66. The van der Waals surface area contributed by atoms with E-state index >= 15 is 0 Å². The van der Waals surface area contributed by atoms with E-state index in [-0.39, 0.29) is 12.7 Å². The summed E-state index contributed by atoms with van der Waals surface area (Å²) >= 11 is 0. The lowest BCUT2D eigenvalue weighted by molar-refractivity contribution is -0.153. The summed E-state index contributed by atoms with van der Waals surface area (Å²) in [5.41, 5.74) is -0.821. The molecule has 0 spiro atoms. The van der Waals surface area contributed by atoms with Crippen LogP contribution in [-0.4, -0.2) is 42.9 Å². The van der Waals surface area contributed by atoms with Crippen molar-refractivity contribution in [3.63, 3.8) is 0 Å². The number of hydrogen-bond acceptors (Lipinski definition) is 5. The van der Waals surface area contributed by atoms with Crippen LogP contribution in [0, 0.1) is 11.8 Å². The zero-order valence-electron chi connectivity index (χ0n) is 13.4. The molecule has 120 valence electrons. The summed E-state index contributed by atoms with van der Waals surface area (Å²) in [4.78, 5) is 0. The smallest absolute Gasteiger partial charge is 0.165 e. The molecule has 2 atom stereocenters. The van der Waals surface area contributed by atoms with Gasteiger partial charge in [-0.15, -0.1) is 0 Å². The third-order valence-electron chi connectivity index (χ3n) is 3.37. The number of ether oxygens (including phenoxy) is 4. The summed E-state index contributed by atoms with van der Waals surface area (Å²) in [6.45, 7) is 5.59. The topological polar surface area (TPSA) is 57.2 Å². The number of rotatable bonds is 4. The van der Waals surface area contributed by atoms with E-state index in [9.17, 15) is 0 Å². The van der Waals surface area contributed by atoms with Gasteiger partial charge in [0.2, 0.25) is 0 Å². The maximum absolute atomic E-state index is 8.90. The Labute approximate surface area is 131 Å². The molecule has 5 nitrogen and oxygen atoms in total. The van der Waals surface area contributed by atoms with Crippen LogP contribution in [0.5, 0.6) is 11.5 Å². The van der Waals surface area contributed by atoms with Gasteiger partial charge in [-0.05, 0) is 45.0 Å².